The second-order valence-electron chi connectivity index (χ2n) is 6.65. The Kier molecular flexibility index (Phi) is 4.85. The van der Waals surface area contributed by atoms with Crippen molar-refractivity contribution in [2.75, 3.05) is 23.3 Å². The van der Waals surface area contributed by atoms with E-state index in [1.54, 1.807) is 17.1 Å². The van der Waals surface area contributed by atoms with Crippen LogP contribution in [0.5, 0.6) is 0 Å². The van der Waals surface area contributed by atoms with Crippen molar-refractivity contribution in [3.63, 3.8) is 0 Å². The van der Waals surface area contributed by atoms with E-state index in [9.17, 15) is 4.79 Å². The van der Waals surface area contributed by atoms with Crippen molar-refractivity contribution in [3.05, 3.63) is 41.4 Å². The summed E-state index contributed by atoms with van der Waals surface area (Å²) in [7, 11) is 0. The number of thiazole rings is 1. The first-order valence-corrected chi connectivity index (χ1v) is 9.73. The molecular formula is C18H21N7OS. The highest BCUT2D eigenvalue weighted by atomic mass is 32.1. The van der Waals surface area contributed by atoms with Crippen LogP contribution in [0, 0.1) is 19.8 Å². The molecule has 8 nitrogen and oxygen atoms in total. The predicted molar refractivity (Wildman–Crippen MR) is 104 cm³/mol. The summed E-state index contributed by atoms with van der Waals surface area (Å²) in [6.07, 6.45) is 7.03. The van der Waals surface area contributed by atoms with E-state index in [0.29, 0.717) is 11.7 Å². The van der Waals surface area contributed by atoms with Crippen LogP contribution >= 0.6 is 11.3 Å². The van der Waals surface area contributed by atoms with Gasteiger partial charge in [-0.3, -0.25) is 9.36 Å². The van der Waals surface area contributed by atoms with Crippen molar-refractivity contribution in [1.29, 1.82) is 0 Å². The molecule has 0 saturated carbocycles. The van der Waals surface area contributed by atoms with E-state index >= 15 is 0 Å². The molecule has 4 heterocycles. The normalized spacial score (nSPS) is 17.1. The molecule has 0 aliphatic carbocycles. The summed E-state index contributed by atoms with van der Waals surface area (Å²) >= 11 is 1.52. The first-order valence-electron chi connectivity index (χ1n) is 8.92. The fourth-order valence-electron chi connectivity index (χ4n) is 3.15. The molecule has 27 heavy (non-hydrogen) atoms. The molecule has 1 saturated heterocycles. The SMILES string of the molecule is Cc1nc(NC(=O)C2CCCN(c3ccc(-n4ccnc4)nn3)C2)sc1C. The van der Waals surface area contributed by atoms with Crippen LogP contribution in [-0.4, -0.2) is 43.7 Å². The molecule has 1 amide bonds. The summed E-state index contributed by atoms with van der Waals surface area (Å²) in [5.41, 5.74) is 0.967. The van der Waals surface area contributed by atoms with Crippen LogP contribution in [0.25, 0.3) is 5.82 Å². The lowest BCUT2D eigenvalue weighted by Crippen LogP contribution is -2.41. The molecule has 0 spiro atoms. The smallest absolute Gasteiger partial charge is 0.231 e. The topological polar surface area (TPSA) is 88.8 Å². The number of amides is 1. The van der Waals surface area contributed by atoms with Gasteiger partial charge in [-0.05, 0) is 38.8 Å². The van der Waals surface area contributed by atoms with Crippen molar-refractivity contribution >= 4 is 28.2 Å². The fraction of sp³-hybridized carbons (Fsp3) is 0.389. The van der Waals surface area contributed by atoms with Gasteiger partial charge < -0.3 is 10.2 Å². The standard InChI is InChI=1S/C18H21N7OS/c1-12-13(2)27-18(20-12)21-17(26)14-4-3-8-24(10-14)15-5-6-16(23-22-15)25-9-7-19-11-25/h5-7,9,11,14H,3-4,8,10H2,1-2H3,(H,20,21,26). The molecule has 3 aromatic heterocycles. The van der Waals surface area contributed by atoms with E-state index in [0.717, 1.165) is 41.6 Å². The van der Waals surface area contributed by atoms with Gasteiger partial charge in [-0.15, -0.1) is 21.5 Å². The van der Waals surface area contributed by atoms with Gasteiger partial charge in [0.25, 0.3) is 0 Å². The molecule has 4 rings (SSSR count). The Morgan fingerprint density at radius 1 is 1.26 bits per heavy atom. The average Bonchev–Trinajstić information content (AvgIpc) is 3.32. The van der Waals surface area contributed by atoms with Gasteiger partial charge in [0.1, 0.15) is 6.33 Å². The lowest BCUT2D eigenvalue weighted by molar-refractivity contribution is -0.120. The Labute approximate surface area is 161 Å². The molecule has 1 fully saturated rings. The van der Waals surface area contributed by atoms with Crippen LogP contribution in [0.15, 0.2) is 30.9 Å². The quantitative estimate of drug-likeness (QED) is 0.745. The number of carbonyl (C=O) groups is 1. The van der Waals surface area contributed by atoms with E-state index in [1.807, 2.05) is 32.2 Å². The highest BCUT2D eigenvalue weighted by Gasteiger charge is 2.27. The van der Waals surface area contributed by atoms with Crippen LogP contribution in [-0.2, 0) is 4.79 Å². The molecule has 1 atom stereocenters. The van der Waals surface area contributed by atoms with Crippen LogP contribution in [0.4, 0.5) is 10.9 Å². The van der Waals surface area contributed by atoms with E-state index in [4.69, 9.17) is 0 Å². The maximum atomic E-state index is 12.7. The number of hydrogen-bond donors (Lipinski definition) is 1. The Balaban J connectivity index is 1.42. The maximum absolute atomic E-state index is 12.7. The molecule has 1 aliphatic heterocycles. The van der Waals surface area contributed by atoms with Crippen molar-refractivity contribution in [2.45, 2.75) is 26.7 Å². The Morgan fingerprint density at radius 2 is 2.07 bits per heavy atom. The molecule has 9 heteroatoms. The van der Waals surface area contributed by atoms with Gasteiger partial charge in [-0.1, -0.05) is 0 Å². The van der Waals surface area contributed by atoms with Gasteiger partial charge >= 0.3 is 0 Å². The average molecular weight is 383 g/mol. The van der Waals surface area contributed by atoms with Crippen molar-refractivity contribution in [3.8, 4) is 5.82 Å². The highest BCUT2D eigenvalue weighted by Crippen LogP contribution is 2.25. The molecule has 0 bridgehead atoms. The summed E-state index contributed by atoms with van der Waals surface area (Å²) in [6, 6.07) is 3.85. The number of imidazole rings is 1. The minimum absolute atomic E-state index is 0.0245. The molecule has 1 N–H and O–H groups in total. The first-order chi connectivity index (χ1) is 13.1. The van der Waals surface area contributed by atoms with Gasteiger partial charge in [0.05, 0.1) is 11.6 Å². The van der Waals surface area contributed by atoms with E-state index in [-0.39, 0.29) is 11.8 Å². The number of rotatable bonds is 4. The van der Waals surface area contributed by atoms with Crippen LogP contribution in [0.1, 0.15) is 23.4 Å². The third-order valence-electron chi connectivity index (χ3n) is 4.78. The number of anilines is 2. The number of nitrogens with one attached hydrogen (secondary N) is 1. The Morgan fingerprint density at radius 3 is 2.74 bits per heavy atom. The Hall–Kier alpha value is -2.81. The van der Waals surface area contributed by atoms with Crippen LogP contribution in [0.2, 0.25) is 0 Å². The zero-order valence-corrected chi connectivity index (χ0v) is 16.1. The summed E-state index contributed by atoms with van der Waals surface area (Å²) in [5.74, 6) is 1.45. The van der Waals surface area contributed by atoms with Gasteiger partial charge in [-0.2, -0.15) is 0 Å². The van der Waals surface area contributed by atoms with Gasteiger partial charge in [0.2, 0.25) is 5.91 Å². The zero-order valence-electron chi connectivity index (χ0n) is 15.3. The summed E-state index contributed by atoms with van der Waals surface area (Å²) in [5, 5.41) is 12.3. The third kappa shape index (κ3) is 3.82. The molecule has 0 radical (unpaired) electrons. The van der Waals surface area contributed by atoms with E-state index < -0.39 is 0 Å². The van der Waals surface area contributed by atoms with Gasteiger partial charge in [0, 0.05) is 30.4 Å². The minimum Gasteiger partial charge on any atom is -0.354 e. The van der Waals surface area contributed by atoms with E-state index in [1.165, 1.54) is 11.3 Å². The predicted octanol–water partition coefficient (Wildman–Crippen LogP) is 2.59. The lowest BCUT2D eigenvalue weighted by atomic mass is 9.97. The third-order valence-corrected chi connectivity index (χ3v) is 5.77. The first kappa shape index (κ1) is 17.6. The van der Waals surface area contributed by atoms with E-state index in [2.05, 4.69) is 30.4 Å². The van der Waals surface area contributed by atoms with Gasteiger partial charge in [0.15, 0.2) is 16.8 Å². The zero-order chi connectivity index (χ0) is 18.8. The largest absolute Gasteiger partial charge is 0.354 e. The molecular weight excluding hydrogens is 362 g/mol. The summed E-state index contributed by atoms with van der Waals surface area (Å²) in [4.78, 5) is 24.3. The monoisotopic (exact) mass is 383 g/mol. The molecule has 1 unspecified atom stereocenters. The summed E-state index contributed by atoms with van der Waals surface area (Å²) in [6.45, 7) is 5.47. The number of hydrogen-bond acceptors (Lipinski definition) is 7. The highest BCUT2D eigenvalue weighted by molar-refractivity contribution is 7.15. The van der Waals surface area contributed by atoms with Crippen molar-refractivity contribution < 1.29 is 4.79 Å². The molecule has 3 aromatic rings. The fourth-order valence-corrected chi connectivity index (χ4v) is 3.97. The number of aryl methyl sites for hydroxylation is 2. The number of carbonyl (C=O) groups excluding carboxylic acids is 1. The summed E-state index contributed by atoms with van der Waals surface area (Å²) < 4.78 is 1.81. The number of piperidine rings is 1. The van der Waals surface area contributed by atoms with Crippen LogP contribution in [0.3, 0.4) is 0 Å². The lowest BCUT2D eigenvalue weighted by Gasteiger charge is -2.32. The number of aromatic nitrogens is 5. The van der Waals surface area contributed by atoms with Gasteiger partial charge in [-0.25, -0.2) is 9.97 Å². The second-order valence-corrected chi connectivity index (χ2v) is 7.86. The van der Waals surface area contributed by atoms with Crippen molar-refractivity contribution in [2.24, 2.45) is 5.92 Å². The van der Waals surface area contributed by atoms with Crippen LogP contribution < -0.4 is 10.2 Å². The Bertz CT molecular complexity index is 900. The molecule has 1 aliphatic rings. The maximum Gasteiger partial charge on any atom is 0.231 e. The minimum atomic E-state index is -0.0848. The second kappa shape index (κ2) is 7.43. The number of nitrogens with zero attached hydrogens (tertiary/aromatic N) is 6. The van der Waals surface area contributed by atoms with Crippen molar-refractivity contribution in [1.82, 2.24) is 24.7 Å². The molecule has 140 valence electrons. The molecule has 0 aromatic carbocycles.